The van der Waals surface area contributed by atoms with Gasteiger partial charge in [-0.1, -0.05) is 125 Å². The van der Waals surface area contributed by atoms with Crippen LogP contribution in [0.25, 0.3) is 0 Å². The van der Waals surface area contributed by atoms with E-state index < -0.39 is 81.8 Å². The molecule has 0 aromatic rings. The summed E-state index contributed by atoms with van der Waals surface area (Å²) < 4.78 is 33.4. The second-order valence-electron chi connectivity index (χ2n) is 15.0. The summed E-state index contributed by atoms with van der Waals surface area (Å²) in [6.45, 7) is 2.87. The van der Waals surface area contributed by atoms with Gasteiger partial charge in [0, 0.05) is 12.8 Å². The Kier molecular flexibility index (Phi) is 32.0. The molecule has 1 saturated carbocycles. The number of aliphatic hydroxyl groups excluding tert-OH is 6. The molecule has 15 heteroatoms. The van der Waals surface area contributed by atoms with E-state index in [4.69, 9.17) is 18.5 Å². The van der Waals surface area contributed by atoms with Crippen molar-refractivity contribution in [3.63, 3.8) is 0 Å². The average Bonchev–Trinajstić information content (AvgIpc) is 3.23. The molecule has 9 atom stereocenters. The van der Waals surface area contributed by atoms with Crippen molar-refractivity contribution in [3.8, 4) is 0 Å². The zero-order chi connectivity index (χ0) is 44.4. The number of aliphatic hydroxyl groups is 6. The van der Waals surface area contributed by atoms with Gasteiger partial charge >= 0.3 is 19.8 Å². The summed E-state index contributed by atoms with van der Waals surface area (Å²) in [5, 5.41) is 59.5. The van der Waals surface area contributed by atoms with Gasteiger partial charge in [-0.25, -0.2) is 4.57 Å². The maximum atomic E-state index is 12.8. The predicted octanol–water partition coefficient (Wildman–Crippen LogP) is 6.91. The quantitative estimate of drug-likeness (QED) is 0.0115. The van der Waals surface area contributed by atoms with Crippen LogP contribution in [0.2, 0.25) is 0 Å². The highest BCUT2D eigenvalue weighted by Crippen LogP contribution is 2.47. The van der Waals surface area contributed by atoms with E-state index >= 15 is 0 Å². The maximum Gasteiger partial charge on any atom is 0.472 e. The van der Waals surface area contributed by atoms with E-state index in [9.17, 15) is 49.7 Å². The molecule has 0 bridgehead atoms. The van der Waals surface area contributed by atoms with Gasteiger partial charge < -0.3 is 45.0 Å². The van der Waals surface area contributed by atoms with Gasteiger partial charge in [-0.05, 0) is 70.6 Å². The molecule has 0 heterocycles. The third-order valence-corrected chi connectivity index (χ3v) is 10.7. The van der Waals surface area contributed by atoms with Gasteiger partial charge in [-0.2, -0.15) is 0 Å². The van der Waals surface area contributed by atoms with Gasteiger partial charge in [0.25, 0.3) is 0 Å². The second-order valence-corrected chi connectivity index (χ2v) is 16.4. The van der Waals surface area contributed by atoms with E-state index in [1.807, 2.05) is 43.4 Å². The first-order valence-electron chi connectivity index (χ1n) is 21.8. The molecular weight excluding hydrogens is 795 g/mol. The van der Waals surface area contributed by atoms with Crippen LogP contribution >= 0.6 is 7.82 Å². The second kappa shape index (κ2) is 34.8. The highest BCUT2D eigenvalue weighted by Gasteiger charge is 2.51. The van der Waals surface area contributed by atoms with Crippen LogP contribution in [0.4, 0.5) is 0 Å². The number of unbranched alkanes of at least 4 members (excludes halogenated alkanes) is 10. The molecular formula is C45H75O14P. The summed E-state index contributed by atoms with van der Waals surface area (Å²) in [5.74, 6) is -1.21. The zero-order valence-electron chi connectivity index (χ0n) is 35.8. The van der Waals surface area contributed by atoms with E-state index in [0.29, 0.717) is 25.7 Å². The normalized spacial score (nSPS) is 23.4. The van der Waals surface area contributed by atoms with Gasteiger partial charge in [0.1, 0.15) is 43.2 Å². The average molecular weight is 871 g/mol. The molecule has 344 valence electrons. The summed E-state index contributed by atoms with van der Waals surface area (Å²) in [6, 6.07) is 0. The number of allylic oxidation sites excluding steroid dienone is 11. The number of phosphoric ester groups is 1. The van der Waals surface area contributed by atoms with Crippen LogP contribution in [0, 0.1) is 0 Å². The van der Waals surface area contributed by atoms with Crippen molar-refractivity contribution in [2.24, 2.45) is 0 Å². The van der Waals surface area contributed by atoms with Gasteiger partial charge in [-0.15, -0.1) is 0 Å². The van der Waals surface area contributed by atoms with Crippen molar-refractivity contribution in [2.45, 2.75) is 185 Å². The molecule has 60 heavy (non-hydrogen) atoms. The lowest BCUT2D eigenvalue weighted by molar-refractivity contribution is -0.220. The Morgan fingerprint density at radius 1 is 0.600 bits per heavy atom. The molecule has 0 saturated heterocycles. The Balaban J connectivity index is 2.55. The van der Waals surface area contributed by atoms with E-state index in [0.717, 1.165) is 57.8 Å². The first-order chi connectivity index (χ1) is 28.8. The monoisotopic (exact) mass is 870 g/mol. The smallest absolute Gasteiger partial charge is 0.462 e. The van der Waals surface area contributed by atoms with Crippen LogP contribution in [0.5, 0.6) is 0 Å². The minimum atomic E-state index is -5.14. The number of carbonyl (C=O) groups is 2. The largest absolute Gasteiger partial charge is 0.472 e. The van der Waals surface area contributed by atoms with Crippen molar-refractivity contribution >= 4 is 19.8 Å². The Bertz CT molecular complexity index is 1340. The van der Waals surface area contributed by atoms with Crippen molar-refractivity contribution in [1.29, 1.82) is 0 Å². The highest BCUT2D eigenvalue weighted by atomic mass is 31.2. The van der Waals surface area contributed by atoms with Gasteiger partial charge in [0.2, 0.25) is 0 Å². The lowest BCUT2D eigenvalue weighted by atomic mass is 9.85. The summed E-state index contributed by atoms with van der Waals surface area (Å²) >= 11 is 0. The molecule has 1 fully saturated rings. The minimum absolute atomic E-state index is 0.000555. The molecule has 1 rings (SSSR count). The van der Waals surface area contributed by atoms with Crippen LogP contribution in [0.1, 0.15) is 136 Å². The van der Waals surface area contributed by atoms with Crippen molar-refractivity contribution in [2.75, 3.05) is 13.2 Å². The topological polar surface area (TPSA) is 230 Å². The Morgan fingerprint density at radius 3 is 1.72 bits per heavy atom. The Morgan fingerprint density at radius 2 is 1.10 bits per heavy atom. The van der Waals surface area contributed by atoms with Crippen LogP contribution < -0.4 is 0 Å². The molecule has 0 aromatic heterocycles. The maximum absolute atomic E-state index is 12.8. The fraction of sp³-hybridized carbons (Fsp3) is 0.689. The number of rotatable bonds is 34. The number of hydrogen-bond donors (Lipinski definition) is 7. The molecule has 0 aromatic carbocycles. The third-order valence-electron chi connectivity index (χ3n) is 9.69. The molecule has 3 unspecified atom stereocenters. The lowest BCUT2D eigenvalue weighted by Crippen LogP contribution is -2.64. The van der Waals surface area contributed by atoms with Crippen molar-refractivity contribution in [1.82, 2.24) is 0 Å². The summed E-state index contributed by atoms with van der Waals surface area (Å²) in [7, 11) is -5.14. The Hall–Kier alpha value is -2.75. The van der Waals surface area contributed by atoms with Crippen LogP contribution in [-0.4, -0.2) is 110 Å². The zero-order valence-corrected chi connectivity index (χ0v) is 36.7. The first-order valence-corrected chi connectivity index (χ1v) is 23.3. The van der Waals surface area contributed by atoms with Gasteiger partial charge in [-0.3, -0.25) is 18.6 Å². The fourth-order valence-electron chi connectivity index (χ4n) is 5.97. The lowest BCUT2D eigenvalue weighted by Gasteiger charge is -2.41. The van der Waals surface area contributed by atoms with E-state index in [1.54, 1.807) is 6.08 Å². The predicted molar refractivity (Wildman–Crippen MR) is 231 cm³/mol. The highest BCUT2D eigenvalue weighted by molar-refractivity contribution is 7.47. The van der Waals surface area contributed by atoms with Gasteiger partial charge in [0.05, 0.1) is 12.7 Å². The first kappa shape index (κ1) is 55.3. The molecule has 0 amide bonds. The summed E-state index contributed by atoms with van der Waals surface area (Å²) in [4.78, 5) is 35.6. The number of carbonyl (C=O) groups excluding carboxylic acids is 2. The number of esters is 2. The van der Waals surface area contributed by atoms with Crippen molar-refractivity contribution in [3.05, 3.63) is 72.9 Å². The van der Waals surface area contributed by atoms with E-state index in [-0.39, 0.29) is 12.8 Å². The molecule has 0 spiro atoms. The molecule has 0 radical (unpaired) electrons. The molecule has 1 aliphatic rings. The number of phosphoric acid groups is 1. The van der Waals surface area contributed by atoms with Gasteiger partial charge in [0.15, 0.2) is 6.10 Å². The summed E-state index contributed by atoms with van der Waals surface area (Å²) in [5.41, 5.74) is 0. The van der Waals surface area contributed by atoms with Crippen LogP contribution in [-0.2, 0) is 32.7 Å². The molecule has 0 aliphatic heterocycles. The van der Waals surface area contributed by atoms with Crippen LogP contribution in [0.3, 0.4) is 0 Å². The van der Waals surface area contributed by atoms with E-state index in [2.05, 4.69) is 37.3 Å². The fourth-order valence-corrected chi connectivity index (χ4v) is 6.95. The van der Waals surface area contributed by atoms with Crippen molar-refractivity contribution < 1.29 is 68.2 Å². The SMILES string of the molecule is CCCCCC/C=C\CCCCCCCC(=O)OC[C@H](COP(=O)(O)OC1[C@H](O)[C@H](O)C(O)[C@H](O)[C@H]1O)OC(=O)CCC/C=C\C/C=C\C/C=C\C/C=C\C=C\[C@H](O)CC. The Labute approximate surface area is 358 Å². The van der Waals surface area contributed by atoms with E-state index in [1.165, 1.54) is 25.7 Å². The third kappa shape index (κ3) is 27.2. The number of hydrogen-bond acceptors (Lipinski definition) is 13. The molecule has 14 nitrogen and oxygen atoms in total. The standard InChI is InChI=1S/C45H75O14P/c1-3-5-6-7-8-9-10-13-17-20-23-26-29-32-38(47)56-34-37(35-57-60(54,55)59-45-43(52)41(50)40(49)42(51)44(45)53)58-39(48)33-30-27-24-21-18-15-12-11-14-16-19-22-25-28-31-36(46)4-2/h9-10,12,14-16,21-22,24-25,28,31,36-37,40-46,49-53H,3-8,11,13,17-20,23,26-27,29-30,32-35H2,1-2H3,(H,54,55)/b10-9-,15-12-,16-14-,24-21-,25-22-,31-28+/t36-,37-,40?,41-,42+,43-,44-,45?/m1/s1. The summed E-state index contributed by atoms with van der Waals surface area (Å²) in [6.07, 6.45) is 26.3. The molecule has 1 aliphatic carbocycles. The number of ether oxygens (including phenoxy) is 2. The minimum Gasteiger partial charge on any atom is -0.462 e. The van der Waals surface area contributed by atoms with Crippen LogP contribution in [0.15, 0.2) is 72.9 Å². The molecule has 7 N–H and O–H groups in total.